The molecular weight excluding hydrogens is 429 g/mol. The van der Waals surface area contributed by atoms with Gasteiger partial charge in [-0.1, -0.05) is 17.7 Å². The number of benzene rings is 2. The fraction of sp³-hybridized carbons (Fsp3) is 0.208. The van der Waals surface area contributed by atoms with Gasteiger partial charge in [0.15, 0.2) is 5.82 Å². The van der Waals surface area contributed by atoms with E-state index in [0.29, 0.717) is 27.8 Å². The highest BCUT2D eigenvalue weighted by Gasteiger charge is 2.20. The highest BCUT2D eigenvalue weighted by atomic mass is 35.5. The SMILES string of the molecule is CC(Nc1c(Cl)cnc2ccc(-c3cnc(C(C)(C)O)nc3)cc12)c1cc(N)ccc1F. The maximum absolute atomic E-state index is 14.4. The van der Waals surface area contributed by atoms with E-state index in [1.165, 1.54) is 12.1 Å². The Bertz CT molecular complexity index is 1290. The lowest BCUT2D eigenvalue weighted by molar-refractivity contribution is 0.0687. The third kappa shape index (κ3) is 4.35. The van der Waals surface area contributed by atoms with Crippen LogP contribution in [0, 0.1) is 5.82 Å². The Labute approximate surface area is 190 Å². The number of nitrogens with one attached hydrogen (secondary N) is 1. The summed E-state index contributed by atoms with van der Waals surface area (Å²) in [5.41, 5.74) is 8.65. The highest BCUT2D eigenvalue weighted by Crippen LogP contribution is 2.35. The average Bonchev–Trinajstić information content (AvgIpc) is 2.76. The summed E-state index contributed by atoms with van der Waals surface area (Å²) in [6.45, 7) is 5.11. The monoisotopic (exact) mass is 451 g/mol. The Hall–Kier alpha value is -3.29. The molecule has 0 radical (unpaired) electrons. The quantitative estimate of drug-likeness (QED) is 0.348. The maximum Gasteiger partial charge on any atom is 0.159 e. The van der Waals surface area contributed by atoms with Gasteiger partial charge in [0.2, 0.25) is 0 Å². The minimum atomic E-state index is -1.12. The average molecular weight is 452 g/mol. The number of aromatic nitrogens is 3. The van der Waals surface area contributed by atoms with Crippen molar-refractivity contribution in [3.05, 3.63) is 77.2 Å². The fourth-order valence-corrected chi connectivity index (χ4v) is 3.68. The molecule has 32 heavy (non-hydrogen) atoms. The molecule has 0 aliphatic rings. The number of hydrogen-bond acceptors (Lipinski definition) is 6. The summed E-state index contributed by atoms with van der Waals surface area (Å²) in [5, 5.41) is 14.6. The lowest BCUT2D eigenvalue weighted by Crippen LogP contribution is -2.19. The smallest absolute Gasteiger partial charge is 0.159 e. The highest BCUT2D eigenvalue weighted by molar-refractivity contribution is 6.34. The topological polar surface area (TPSA) is 97.0 Å². The molecule has 0 bridgehead atoms. The summed E-state index contributed by atoms with van der Waals surface area (Å²) in [7, 11) is 0. The second-order valence-electron chi connectivity index (χ2n) is 8.21. The molecule has 4 aromatic rings. The van der Waals surface area contributed by atoms with E-state index in [0.717, 1.165) is 22.0 Å². The number of nitrogens with two attached hydrogens (primary N) is 1. The molecule has 0 aliphatic heterocycles. The van der Waals surface area contributed by atoms with Crippen molar-refractivity contribution in [2.45, 2.75) is 32.4 Å². The van der Waals surface area contributed by atoms with Crippen molar-refractivity contribution in [1.29, 1.82) is 0 Å². The number of rotatable bonds is 5. The van der Waals surface area contributed by atoms with Gasteiger partial charge in [-0.15, -0.1) is 0 Å². The molecule has 2 aromatic carbocycles. The van der Waals surface area contributed by atoms with E-state index >= 15 is 0 Å². The van der Waals surface area contributed by atoms with E-state index in [1.54, 1.807) is 38.5 Å². The summed E-state index contributed by atoms with van der Waals surface area (Å²) in [5.74, 6) is -0.00879. The Morgan fingerprint density at radius 3 is 2.44 bits per heavy atom. The molecule has 0 saturated heterocycles. The first kappa shape index (κ1) is 21.9. The van der Waals surface area contributed by atoms with Crippen LogP contribution in [0.1, 0.15) is 38.2 Å². The van der Waals surface area contributed by atoms with Crippen molar-refractivity contribution in [2.24, 2.45) is 0 Å². The molecule has 2 aromatic heterocycles. The van der Waals surface area contributed by atoms with E-state index in [9.17, 15) is 9.50 Å². The van der Waals surface area contributed by atoms with Crippen LogP contribution >= 0.6 is 11.6 Å². The van der Waals surface area contributed by atoms with Crippen molar-refractivity contribution in [3.8, 4) is 11.1 Å². The predicted octanol–water partition coefficient (Wildman–Crippen LogP) is 5.47. The van der Waals surface area contributed by atoms with Gasteiger partial charge < -0.3 is 16.2 Å². The van der Waals surface area contributed by atoms with E-state index < -0.39 is 5.60 Å². The zero-order valence-electron chi connectivity index (χ0n) is 17.9. The molecule has 2 heterocycles. The summed E-state index contributed by atoms with van der Waals surface area (Å²) < 4.78 is 14.4. The maximum atomic E-state index is 14.4. The second kappa shape index (κ2) is 8.33. The molecule has 0 spiro atoms. The first-order valence-electron chi connectivity index (χ1n) is 10.1. The number of aliphatic hydroxyl groups is 1. The number of nitrogens with zero attached hydrogens (tertiary/aromatic N) is 3. The molecule has 0 amide bonds. The van der Waals surface area contributed by atoms with Gasteiger partial charge in [0, 0.05) is 40.8 Å². The number of fused-ring (bicyclic) bond motifs is 1. The Morgan fingerprint density at radius 2 is 1.75 bits per heavy atom. The van der Waals surface area contributed by atoms with Crippen LogP contribution in [0.4, 0.5) is 15.8 Å². The standard InChI is InChI=1S/C24H23ClFN5O/c1-13(17-9-16(27)5-6-20(17)26)31-22-18-8-14(4-7-21(18)28-12-19(22)25)15-10-29-23(30-11-15)24(2,3)32/h4-13,32H,27H2,1-3H3,(H,28,31). The lowest BCUT2D eigenvalue weighted by atomic mass is 10.0. The molecule has 164 valence electrons. The van der Waals surface area contributed by atoms with Gasteiger partial charge in [-0.05, 0) is 56.7 Å². The third-order valence-electron chi connectivity index (χ3n) is 5.20. The van der Waals surface area contributed by atoms with E-state index in [-0.39, 0.29) is 11.9 Å². The predicted molar refractivity (Wildman–Crippen MR) is 126 cm³/mol. The van der Waals surface area contributed by atoms with Crippen LogP contribution in [-0.4, -0.2) is 20.1 Å². The van der Waals surface area contributed by atoms with Gasteiger partial charge >= 0.3 is 0 Å². The fourth-order valence-electron chi connectivity index (χ4n) is 3.48. The molecule has 1 unspecified atom stereocenters. The van der Waals surface area contributed by atoms with Gasteiger partial charge in [-0.3, -0.25) is 4.98 Å². The number of anilines is 2. The van der Waals surface area contributed by atoms with Crippen LogP contribution in [0.25, 0.3) is 22.0 Å². The molecule has 0 fully saturated rings. The largest absolute Gasteiger partial charge is 0.399 e. The minimum Gasteiger partial charge on any atom is -0.399 e. The molecule has 8 heteroatoms. The van der Waals surface area contributed by atoms with Gasteiger partial charge in [0.05, 0.1) is 22.3 Å². The first-order valence-corrected chi connectivity index (χ1v) is 10.5. The Kier molecular flexibility index (Phi) is 5.71. The number of nitrogen functional groups attached to an aromatic ring is 1. The van der Waals surface area contributed by atoms with Crippen molar-refractivity contribution in [2.75, 3.05) is 11.1 Å². The minimum absolute atomic E-state index is 0.340. The Balaban J connectivity index is 1.75. The zero-order chi connectivity index (χ0) is 23.0. The van der Waals surface area contributed by atoms with Gasteiger partial charge in [-0.25, -0.2) is 14.4 Å². The lowest BCUT2D eigenvalue weighted by Gasteiger charge is -2.19. The summed E-state index contributed by atoms with van der Waals surface area (Å²) in [4.78, 5) is 13.0. The van der Waals surface area contributed by atoms with E-state index in [2.05, 4.69) is 20.3 Å². The zero-order valence-corrected chi connectivity index (χ0v) is 18.7. The summed E-state index contributed by atoms with van der Waals surface area (Å²) >= 11 is 6.48. The number of hydrogen-bond donors (Lipinski definition) is 3. The molecule has 0 aliphatic carbocycles. The number of pyridine rings is 1. The van der Waals surface area contributed by atoms with Crippen molar-refractivity contribution < 1.29 is 9.50 Å². The van der Waals surface area contributed by atoms with E-state index in [4.69, 9.17) is 17.3 Å². The van der Waals surface area contributed by atoms with Crippen molar-refractivity contribution >= 4 is 33.9 Å². The molecule has 4 N–H and O–H groups in total. The summed E-state index contributed by atoms with van der Waals surface area (Å²) in [6.07, 6.45) is 4.89. The van der Waals surface area contributed by atoms with Crippen LogP contribution in [0.2, 0.25) is 5.02 Å². The normalized spacial score (nSPS) is 12.7. The van der Waals surface area contributed by atoms with E-state index in [1.807, 2.05) is 25.1 Å². The first-order chi connectivity index (χ1) is 15.1. The molecule has 0 saturated carbocycles. The summed E-state index contributed by atoms with van der Waals surface area (Å²) in [6, 6.07) is 9.82. The van der Waals surface area contributed by atoms with Gasteiger partial charge in [0.25, 0.3) is 0 Å². The van der Waals surface area contributed by atoms with Crippen LogP contribution in [-0.2, 0) is 5.60 Å². The second-order valence-corrected chi connectivity index (χ2v) is 8.62. The molecular formula is C24H23ClFN5O. The van der Waals surface area contributed by atoms with Crippen molar-refractivity contribution in [1.82, 2.24) is 15.0 Å². The van der Waals surface area contributed by atoms with Crippen molar-refractivity contribution in [3.63, 3.8) is 0 Å². The van der Waals surface area contributed by atoms with Crippen LogP contribution in [0.5, 0.6) is 0 Å². The molecule has 6 nitrogen and oxygen atoms in total. The van der Waals surface area contributed by atoms with Crippen LogP contribution < -0.4 is 11.1 Å². The third-order valence-corrected chi connectivity index (χ3v) is 5.49. The van der Waals surface area contributed by atoms with Gasteiger partial charge in [-0.2, -0.15) is 0 Å². The molecule has 4 rings (SSSR count). The van der Waals surface area contributed by atoms with Gasteiger partial charge in [0.1, 0.15) is 11.4 Å². The van der Waals surface area contributed by atoms with Crippen LogP contribution in [0.3, 0.4) is 0 Å². The molecule has 1 atom stereocenters. The Morgan fingerprint density at radius 1 is 1.03 bits per heavy atom. The van der Waals surface area contributed by atoms with Crippen LogP contribution in [0.15, 0.2) is 55.0 Å². The number of halogens is 2.